The third-order valence-corrected chi connectivity index (χ3v) is 4.41. The SMILES string of the molecule is CC1CCNC1CN(C)C(C)c1cccc(Cl)c1. The second kappa shape index (κ2) is 6.05. The Bertz CT molecular complexity index is 394. The maximum absolute atomic E-state index is 6.06. The summed E-state index contributed by atoms with van der Waals surface area (Å²) in [6, 6.07) is 9.19. The van der Waals surface area contributed by atoms with Crippen molar-refractivity contribution in [3.8, 4) is 0 Å². The van der Waals surface area contributed by atoms with Crippen LogP contribution in [0.1, 0.15) is 31.9 Å². The van der Waals surface area contributed by atoms with Gasteiger partial charge in [-0.25, -0.2) is 0 Å². The van der Waals surface area contributed by atoms with Crippen LogP contribution >= 0.6 is 11.6 Å². The fourth-order valence-corrected chi connectivity index (χ4v) is 2.83. The van der Waals surface area contributed by atoms with Crippen LogP contribution in [0, 0.1) is 5.92 Å². The molecular formula is C15H23ClN2. The molecule has 0 aliphatic carbocycles. The van der Waals surface area contributed by atoms with Gasteiger partial charge in [-0.05, 0) is 50.6 Å². The smallest absolute Gasteiger partial charge is 0.0409 e. The Morgan fingerprint density at radius 1 is 1.50 bits per heavy atom. The minimum Gasteiger partial charge on any atom is -0.312 e. The zero-order chi connectivity index (χ0) is 13.1. The first-order valence-corrected chi connectivity index (χ1v) is 7.15. The predicted octanol–water partition coefficient (Wildman–Crippen LogP) is 3.33. The first kappa shape index (κ1) is 13.9. The van der Waals surface area contributed by atoms with Crippen LogP contribution in [0.5, 0.6) is 0 Å². The van der Waals surface area contributed by atoms with Crippen LogP contribution in [-0.4, -0.2) is 31.1 Å². The van der Waals surface area contributed by atoms with E-state index < -0.39 is 0 Å². The number of nitrogens with zero attached hydrogens (tertiary/aromatic N) is 1. The van der Waals surface area contributed by atoms with E-state index in [1.54, 1.807) is 0 Å². The average molecular weight is 267 g/mol. The van der Waals surface area contributed by atoms with Gasteiger partial charge in [-0.1, -0.05) is 30.7 Å². The van der Waals surface area contributed by atoms with Gasteiger partial charge in [-0.15, -0.1) is 0 Å². The molecule has 1 aromatic carbocycles. The summed E-state index contributed by atoms with van der Waals surface area (Å²) in [7, 11) is 2.19. The number of hydrogen-bond donors (Lipinski definition) is 1. The normalized spacial score (nSPS) is 25.6. The van der Waals surface area contributed by atoms with E-state index in [-0.39, 0.29) is 0 Å². The van der Waals surface area contributed by atoms with Crippen LogP contribution in [0.3, 0.4) is 0 Å². The summed E-state index contributed by atoms with van der Waals surface area (Å²) in [5.41, 5.74) is 1.29. The van der Waals surface area contributed by atoms with Crippen molar-refractivity contribution in [2.24, 2.45) is 5.92 Å². The molecule has 0 spiro atoms. The molecule has 1 heterocycles. The first-order chi connectivity index (χ1) is 8.58. The van der Waals surface area contributed by atoms with Crippen molar-refractivity contribution >= 4 is 11.6 Å². The Hall–Kier alpha value is -0.570. The first-order valence-electron chi connectivity index (χ1n) is 6.77. The predicted molar refractivity (Wildman–Crippen MR) is 78.1 cm³/mol. The number of likely N-dealkylation sites (N-methyl/N-ethyl adjacent to an activating group) is 1. The van der Waals surface area contributed by atoms with Gasteiger partial charge in [0.1, 0.15) is 0 Å². The fourth-order valence-electron chi connectivity index (χ4n) is 2.63. The van der Waals surface area contributed by atoms with Crippen molar-refractivity contribution in [2.75, 3.05) is 20.1 Å². The van der Waals surface area contributed by atoms with E-state index in [9.17, 15) is 0 Å². The highest BCUT2D eigenvalue weighted by Gasteiger charge is 2.25. The van der Waals surface area contributed by atoms with Crippen LogP contribution in [0.15, 0.2) is 24.3 Å². The molecule has 2 nitrogen and oxygen atoms in total. The van der Waals surface area contributed by atoms with Crippen LogP contribution in [-0.2, 0) is 0 Å². The van der Waals surface area contributed by atoms with Gasteiger partial charge in [-0.3, -0.25) is 4.90 Å². The Morgan fingerprint density at radius 3 is 2.89 bits per heavy atom. The molecule has 1 fully saturated rings. The van der Waals surface area contributed by atoms with Crippen molar-refractivity contribution in [2.45, 2.75) is 32.4 Å². The van der Waals surface area contributed by atoms with Gasteiger partial charge in [0.2, 0.25) is 0 Å². The molecule has 3 unspecified atom stereocenters. The number of halogens is 1. The molecule has 0 radical (unpaired) electrons. The third kappa shape index (κ3) is 3.25. The number of hydrogen-bond acceptors (Lipinski definition) is 2. The lowest BCUT2D eigenvalue weighted by Gasteiger charge is -2.29. The summed E-state index contributed by atoms with van der Waals surface area (Å²) < 4.78 is 0. The molecule has 18 heavy (non-hydrogen) atoms. The van der Waals surface area contributed by atoms with Gasteiger partial charge < -0.3 is 5.32 Å². The van der Waals surface area contributed by atoms with Gasteiger partial charge in [0, 0.05) is 23.7 Å². The van der Waals surface area contributed by atoms with Crippen LogP contribution in [0.25, 0.3) is 0 Å². The molecule has 1 aliphatic heterocycles. The topological polar surface area (TPSA) is 15.3 Å². The van der Waals surface area contributed by atoms with E-state index in [0.29, 0.717) is 12.1 Å². The molecule has 1 aliphatic rings. The molecular weight excluding hydrogens is 244 g/mol. The lowest BCUT2D eigenvalue weighted by molar-refractivity contribution is 0.223. The molecule has 0 amide bonds. The maximum atomic E-state index is 6.06. The summed E-state index contributed by atoms with van der Waals surface area (Å²) in [6.07, 6.45) is 1.30. The summed E-state index contributed by atoms with van der Waals surface area (Å²) in [4.78, 5) is 2.41. The second-order valence-corrected chi connectivity index (χ2v) is 5.93. The molecule has 3 heteroatoms. The fraction of sp³-hybridized carbons (Fsp3) is 0.600. The van der Waals surface area contributed by atoms with E-state index in [2.05, 4.69) is 43.2 Å². The summed E-state index contributed by atoms with van der Waals surface area (Å²) >= 11 is 6.06. The highest BCUT2D eigenvalue weighted by molar-refractivity contribution is 6.30. The van der Waals surface area contributed by atoms with E-state index >= 15 is 0 Å². The molecule has 1 N–H and O–H groups in total. The Labute approximate surface area is 115 Å². The lowest BCUT2D eigenvalue weighted by Crippen LogP contribution is -2.39. The van der Waals surface area contributed by atoms with Crippen molar-refractivity contribution in [3.63, 3.8) is 0 Å². The number of benzene rings is 1. The van der Waals surface area contributed by atoms with Gasteiger partial charge in [0.25, 0.3) is 0 Å². The number of rotatable bonds is 4. The molecule has 1 saturated heterocycles. The Morgan fingerprint density at radius 2 is 2.28 bits per heavy atom. The maximum Gasteiger partial charge on any atom is 0.0409 e. The van der Waals surface area contributed by atoms with Crippen molar-refractivity contribution in [3.05, 3.63) is 34.9 Å². The molecule has 0 saturated carbocycles. The molecule has 3 atom stereocenters. The lowest BCUT2D eigenvalue weighted by atomic mass is 10.0. The molecule has 100 valence electrons. The largest absolute Gasteiger partial charge is 0.312 e. The molecule has 2 rings (SSSR count). The molecule has 0 bridgehead atoms. The third-order valence-electron chi connectivity index (χ3n) is 4.17. The van der Waals surface area contributed by atoms with Crippen LogP contribution in [0.2, 0.25) is 5.02 Å². The molecule has 1 aromatic rings. The Kier molecular flexibility index (Phi) is 4.66. The minimum absolute atomic E-state index is 0.401. The summed E-state index contributed by atoms with van der Waals surface area (Å²) in [5, 5.41) is 4.41. The minimum atomic E-state index is 0.401. The van der Waals surface area contributed by atoms with E-state index in [4.69, 9.17) is 11.6 Å². The summed E-state index contributed by atoms with van der Waals surface area (Å²) in [6.45, 7) is 6.83. The van der Waals surface area contributed by atoms with Crippen molar-refractivity contribution < 1.29 is 0 Å². The van der Waals surface area contributed by atoms with Gasteiger partial charge in [0.05, 0.1) is 0 Å². The zero-order valence-corrected chi connectivity index (χ0v) is 12.2. The van der Waals surface area contributed by atoms with Crippen molar-refractivity contribution in [1.29, 1.82) is 0 Å². The van der Waals surface area contributed by atoms with Crippen molar-refractivity contribution in [1.82, 2.24) is 10.2 Å². The van der Waals surface area contributed by atoms with E-state index in [1.165, 1.54) is 12.0 Å². The highest BCUT2D eigenvalue weighted by Crippen LogP contribution is 2.24. The average Bonchev–Trinajstić information content (AvgIpc) is 2.74. The quantitative estimate of drug-likeness (QED) is 0.899. The molecule has 0 aromatic heterocycles. The second-order valence-electron chi connectivity index (χ2n) is 5.50. The monoisotopic (exact) mass is 266 g/mol. The van der Waals surface area contributed by atoms with E-state index in [1.807, 2.05) is 12.1 Å². The van der Waals surface area contributed by atoms with Gasteiger partial charge >= 0.3 is 0 Å². The van der Waals surface area contributed by atoms with Crippen LogP contribution in [0.4, 0.5) is 0 Å². The standard InChI is InChI=1S/C15H23ClN2/c1-11-7-8-17-15(11)10-18(3)12(2)13-5-4-6-14(16)9-13/h4-6,9,11-12,15,17H,7-8,10H2,1-3H3. The number of nitrogens with one attached hydrogen (secondary N) is 1. The van der Waals surface area contributed by atoms with E-state index in [0.717, 1.165) is 24.0 Å². The van der Waals surface area contributed by atoms with Gasteiger partial charge in [0.15, 0.2) is 0 Å². The zero-order valence-electron chi connectivity index (χ0n) is 11.5. The van der Waals surface area contributed by atoms with Gasteiger partial charge in [-0.2, -0.15) is 0 Å². The highest BCUT2D eigenvalue weighted by atomic mass is 35.5. The Balaban J connectivity index is 1.98. The summed E-state index contributed by atoms with van der Waals surface area (Å²) in [5.74, 6) is 0.777. The van der Waals surface area contributed by atoms with Crippen LogP contribution < -0.4 is 5.32 Å².